The van der Waals surface area contributed by atoms with Gasteiger partial charge < -0.3 is 24.3 Å². The lowest BCUT2D eigenvalue weighted by Crippen LogP contribution is -2.13. The van der Waals surface area contributed by atoms with E-state index in [9.17, 15) is 24.0 Å². The molecule has 3 rings (SSSR count). The van der Waals surface area contributed by atoms with Gasteiger partial charge in [0.1, 0.15) is 0 Å². The highest BCUT2D eigenvalue weighted by Gasteiger charge is 2.18. The van der Waals surface area contributed by atoms with E-state index in [4.69, 9.17) is 18.9 Å². The van der Waals surface area contributed by atoms with Crippen molar-refractivity contribution in [3.05, 3.63) is 91.6 Å². The summed E-state index contributed by atoms with van der Waals surface area (Å²) in [6, 6.07) is 14.2. The molecule has 0 aliphatic carbocycles. The van der Waals surface area contributed by atoms with Crippen molar-refractivity contribution in [2.45, 2.75) is 13.8 Å². The van der Waals surface area contributed by atoms with Crippen molar-refractivity contribution in [2.24, 2.45) is 0 Å². The maximum Gasteiger partial charge on any atom is 0.338 e. The fourth-order valence-corrected chi connectivity index (χ4v) is 3.46. The second-order valence-corrected chi connectivity index (χ2v) is 8.54. The van der Waals surface area contributed by atoms with Gasteiger partial charge in [-0.3, -0.25) is 14.4 Å². The molecule has 0 aliphatic rings. The van der Waals surface area contributed by atoms with Crippen molar-refractivity contribution >= 4 is 36.5 Å². The molecular formula is C31H25NO9. The van der Waals surface area contributed by atoms with Crippen molar-refractivity contribution in [1.29, 1.82) is 0 Å². The number of anilines is 1. The van der Waals surface area contributed by atoms with Crippen LogP contribution in [0, 0.1) is 0 Å². The average molecular weight is 556 g/mol. The van der Waals surface area contributed by atoms with Crippen molar-refractivity contribution < 1.29 is 42.9 Å². The monoisotopic (exact) mass is 555 g/mol. The molecule has 10 heteroatoms. The second-order valence-electron chi connectivity index (χ2n) is 8.54. The number of amides is 1. The van der Waals surface area contributed by atoms with Crippen LogP contribution in [0.15, 0.2) is 91.6 Å². The van der Waals surface area contributed by atoms with Gasteiger partial charge in [-0.25, -0.2) is 9.59 Å². The van der Waals surface area contributed by atoms with Crippen molar-refractivity contribution in [3.8, 4) is 45.3 Å². The molecule has 10 nitrogen and oxygen atoms in total. The number of carbonyl (C=O) groups excluding carboxylic acids is 5. The molecule has 1 N–H and O–H groups in total. The summed E-state index contributed by atoms with van der Waals surface area (Å²) in [5.41, 5.74) is 2.79. The number of ether oxygens (including phenoxy) is 4. The Hall–Kier alpha value is -5.77. The summed E-state index contributed by atoms with van der Waals surface area (Å²) >= 11 is 0. The molecule has 0 bridgehead atoms. The Morgan fingerprint density at radius 2 is 1.20 bits per heavy atom. The van der Waals surface area contributed by atoms with Crippen LogP contribution in [0.25, 0.3) is 22.3 Å². The van der Waals surface area contributed by atoms with Crippen LogP contribution in [0.1, 0.15) is 13.8 Å². The first kappa shape index (κ1) is 29.8. The van der Waals surface area contributed by atoms with Gasteiger partial charge in [0.05, 0.1) is 0 Å². The number of nitrogens with one attached hydrogen (secondary N) is 1. The smallest absolute Gasteiger partial charge is 0.338 e. The van der Waals surface area contributed by atoms with Crippen molar-refractivity contribution in [3.63, 3.8) is 0 Å². The molecule has 0 fully saturated rings. The number of rotatable bonds is 12. The molecule has 0 saturated carbocycles. The van der Waals surface area contributed by atoms with E-state index in [1.807, 2.05) is 0 Å². The van der Waals surface area contributed by atoms with Gasteiger partial charge in [-0.2, -0.15) is 0 Å². The first-order valence-corrected chi connectivity index (χ1v) is 11.9. The molecule has 3 aromatic carbocycles. The summed E-state index contributed by atoms with van der Waals surface area (Å²) in [7, 11) is 0. The summed E-state index contributed by atoms with van der Waals surface area (Å²) in [6.45, 7) is 14.0. The number of carbonyl (C=O) groups is 5. The highest BCUT2D eigenvalue weighted by atomic mass is 16.6. The van der Waals surface area contributed by atoms with E-state index in [1.165, 1.54) is 38.1 Å². The van der Waals surface area contributed by atoms with Crippen LogP contribution in [-0.4, -0.2) is 30.8 Å². The predicted molar refractivity (Wildman–Crippen MR) is 150 cm³/mol. The van der Waals surface area contributed by atoms with Gasteiger partial charge in [0, 0.05) is 22.4 Å². The van der Waals surface area contributed by atoms with Gasteiger partial charge in [0.25, 0.3) is 12.9 Å². The zero-order valence-corrected chi connectivity index (χ0v) is 22.2. The van der Waals surface area contributed by atoms with Crippen LogP contribution in [0.5, 0.6) is 23.0 Å². The van der Waals surface area contributed by atoms with E-state index >= 15 is 0 Å². The summed E-state index contributed by atoms with van der Waals surface area (Å²) in [5.74, 6) is -1.98. The molecule has 3 aromatic rings. The number of hydrogen-bond donors (Lipinski definition) is 1. The van der Waals surface area contributed by atoms with E-state index < -0.39 is 17.8 Å². The summed E-state index contributed by atoms with van der Waals surface area (Å²) in [5, 5.41) is 2.75. The van der Waals surface area contributed by atoms with E-state index in [0.717, 1.165) is 6.08 Å². The average Bonchev–Trinajstić information content (AvgIpc) is 2.94. The molecule has 0 radical (unpaired) electrons. The lowest BCUT2D eigenvalue weighted by Gasteiger charge is -2.16. The molecule has 0 heterocycles. The van der Waals surface area contributed by atoms with E-state index in [-0.39, 0.29) is 47.1 Å². The van der Waals surface area contributed by atoms with E-state index in [1.54, 1.807) is 30.3 Å². The third-order valence-electron chi connectivity index (χ3n) is 5.45. The highest BCUT2D eigenvalue weighted by molar-refractivity contribution is 6.02. The van der Waals surface area contributed by atoms with E-state index in [0.29, 0.717) is 27.9 Å². The van der Waals surface area contributed by atoms with Gasteiger partial charge >= 0.3 is 11.9 Å². The SMILES string of the molecule is C=CC(=O)Nc1cc(-c2ccc(OC=O)c(OC=O)c2)ccc1-c1ccc(OC(=O)C(=C)C)c(OC(=O)C(=C)C)c1. The molecule has 0 aliphatic heterocycles. The van der Waals surface area contributed by atoms with Crippen LogP contribution in [0.2, 0.25) is 0 Å². The Kier molecular flexibility index (Phi) is 9.69. The molecule has 0 aromatic heterocycles. The van der Waals surface area contributed by atoms with Crippen LogP contribution >= 0.6 is 0 Å². The summed E-state index contributed by atoms with van der Waals surface area (Å²) in [6.07, 6.45) is 1.10. The van der Waals surface area contributed by atoms with Crippen LogP contribution < -0.4 is 24.3 Å². The summed E-state index contributed by atoms with van der Waals surface area (Å²) < 4.78 is 20.5. The van der Waals surface area contributed by atoms with E-state index in [2.05, 4.69) is 25.1 Å². The maximum atomic E-state index is 12.3. The van der Waals surface area contributed by atoms with Gasteiger partial charge in [0.2, 0.25) is 5.91 Å². The maximum absolute atomic E-state index is 12.3. The molecule has 0 spiro atoms. The predicted octanol–water partition coefficient (Wildman–Crippen LogP) is 5.18. The minimum absolute atomic E-state index is 0.00854. The highest BCUT2D eigenvalue weighted by Crippen LogP contribution is 2.39. The Labute approximate surface area is 235 Å². The standard InChI is InChI=1S/C31H25NO9/c1-6-29(35)32-24-13-20(21-8-11-25(38-16-33)27(14-21)39-17-34)7-10-23(24)22-9-12-26(40-30(36)18(2)3)28(15-22)41-31(37)19(4)5/h6-17H,1-2,4H2,3,5H3,(H,32,35). The van der Waals surface area contributed by atoms with Gasteiger partial charge in [-0.1, -0.05) is 44.0 Å². The first-order chi connectivity index (χ1) is 19.6. The zero-order valence-electron chi connectivity index (χ0n) is 22.2. The summed E-state index contributed by atoms with van der Waals surface area (Å²) in [4.78, 5) is 58.5. The third-order valence-corrected chi connectivity index (χ3v) is 5.45. The largest absolute Gasteiger partial charge is 0.425 e. The topological polar surface area (TPSA) is 134 Å². The second kappa shape index (κ2) is 13.3. The first-order valence-electron chi connectivity index (χ1n) is 11.9. The lowest BCUT2D eigenvalue weighted by molar-refractivity contribution is -0.132. The van der Waals surface area contributed by atoms with Crippen LogP contribution in [0.3, 0.4) is 0 Å². The molecule has 0 unspecified atom stereocenters. The molecule has 0 atom stereocenters. The minimum Gasteiger partial charge on any atom is -0.425 e. The zero-order chi connectivity index (χ0) is 30.1. The number of benzene rings is 3. The van der Waals surface area contributed by atoms with Crippen molar-refractivity contribution in [2.75, 3.05) is 5.32 Å². The normalized spacial score (nSPS) is 10.0. The lowest BCUT2D eigenvalue weighted by atomic mass is 9.97. The Morgan fingerprint density at radius 1 is 0.683 bits per heavy atom. The Bertz CT molecular complexity index is 1590. The Balaban J connectivity index is 2.15. The quantitative estimate of drug-likeness (QED) is 0.139. The van der Waals surface area contributed by atoms with Gasteiger partial charge in [-0.15, -0.1) is 0 Å². The number of hydrogen-bond acceptors (Lipinski definition) is 9. The molecule has 208 valence electrons. The van der Waals surface area contributed by atoms with Crippen LogP contribution in [0.4, 0.5) is 5.69 Å². The molecule has 0 saturated heterocycles. The third kappa shape index (κ3) is 7.42. The van der Waals surface area contributed by atoms with Gasteiger partial charge in [0.15, 0.2) is 23.0 Å². The molecular weight excluding hydrogens is 530 g/mol. The van der Waals surface area contributed by atoms with Crippen molar-refractivity contribution in [1.82, 2.24) is 0 Å². The van der Waals surface area contributed by atoms with Gasteiger partial charge in [-0.05, 0) is 66.9 Å². The minimum atomic E-state index is -0.736. The molecule has 41 heavy (non-hydrogen) atoms. The fraction of sp³-hybridized carbons (Fsp3) is 0.0645. The Morgan fingerprint density at radius 3 is 1.80 bits per heavy atom. The number of esters is 2. The molecule has 1 amide bonds. The van der Waals surface area contributed by atoms with Crippen LogP contribution in [-0.2, 0) is 24.0 Å². The fourth-order valence-electron chi connectivity index (χ4n) is 3.46.